The van der Waals surface area contributed by atoms with Crippen LogP contribution in [0, 0.1) is 6.92 Å². The van der Waals surface area contributed by atoms with E-state index in [4.69, 9.17) is 9.05 Å². The summed E-state index contributed by atoms with van der Waals surface area (Å²) in [4.78, 5) is 4.06. The summed E-state index contributed by atoms with van der Waals surface area (Å²) in [5.74, 6) is 0.978. The second-order valence-corrected chi connectivity index (χ2v) is 6.56. The molecule has 0 amide bonds. The van der Waals surface area contributed by atoms with Gasteiger partial charge in [0, 0.05) is 11.5 Å². The maximum atomic E-state index is 11.9. The lowest BCUT2D eigenvalue weighted by molar-refractivity contribution is 0.374. The van der Waals surface area contributed by atoms with E-state index in [-0.39, 0.29) is 18.3 Å². The molecule has 0 aliphatic heterocycles. The van der Waals surface area contributed by atoms with Gasteiger partial charge in [0.05, 0.1) is 6.54 Å². The van der Waals surface area contributed by atoms with Gasteiger partial charge < -0.3 is 9.05 Å². The van der Waals surface area contributed by atoms with Gasteiger partial charge in [-0.25, -0.2) is 13.1 Å². The van der Waals surface area contributed by atoms with E-state index in [1.54, 1.807) is 25.1 Å². The number of hydrogen-bond acceptors (Lipinski definition) is 7. The summed E-state index contributed by atoms with van der Waals surface area (Å²) >= 11 is 0. The Bertz CT molecular complexity index is 945. The smallest absolute Gasteiger partial charge is 0.242 e. The van der Waals surface area contributed by atoms with Gasteiger partial charge in [-0.3, -0.25) is 0 Å². The molecule has 0 atom stereocenters. The lowest BCUT2D eigenvalue weighted by atomic mass is 10.2. The molecule has 24 heavy (non-hydrogen) atoms. The minimum atomic E-state index is -3.62. The first-order valence-electron chi connectivity index (χ1n) is 7.01. The van der Waals surface area contributed by atoms with Crippen molar-refractivity contribution in [3.05, 3.63) is 59.0 Å². The molecule has 0 aliphatic carbocycles. The van der Waals surface area contributed by atoms with Crippen molar-refractivity contribution in [1.29, 1.82) is 0 Å². The van der Waals surface area contributed by atoms with Gasteiger partial charge in [-0.05, 0) is 18.6 Å². The quantitative estimate of drug-likeness (QED) is 0.727. The standard InChI is InChI=1S/C15H14N4O4S/c1-11-9-13(18-22-11)15-17-14(23-19-15)10-16-24(20,21)8-7-12-5-3-2-4-6-12/h2-9,16H,10H2,1H3. The fourth-order valence-corrected chi connectivity index (χ4v) is 2.60. The highest BCUT2D eigenvalue weighted by Crippen LogP contribution is 2.15. The van der Waals surface area contributed by atoms with Gasteiger partial charge in [-0.2, -0.15) is 4.98 Å². The van der Waals surface area contributed by atoms with Gasteiger partial charge in [0.2, 0.25) is 21.7 Å². The number of hydrogen-bond donors (Lipinski definition) is 1. The minimum absolute atomic E-state index is 0.120. The molecule has 2 aromatic heterocycles. The number of sulfonamides is 1. The van der Waals surface area contributed by atoms with Crippen LogP contribution in [0.1, 0.15) is 17.2 Å². The molecule has 124 valence electrons. The number of rotatable bonds is 6. The lowest BCUT2D eigenvalue weighted by Gasteiger charge is -1.98. The molecule has 9 heteroatoms. The van der Waals surface area contributed by atoms with E-state index in [0.29, 0.717) is 11.5 Å². The molecule has 0 unspecified atom stereocenters. The van der Waals surface area contributed by atoms with E-state index in [1.807, 2.05) is 18.2 Å². The number of nitrogens with zero attached hydrogens (tertiary/aromatic N) is 3. The van der Waals surface area contributed by atoms with Crippen LogP contribution >= 0.6 is 0 Å². The molecule has 8 nitrogen and oxygen atoms in total. The van der Waals surface area contributed by atoms with Crippen molar-refractivity contribution >= 4 is 16.1 Å². The predicted octanol–water partition coefficient (Wildman–Crippen LogP) is 2.12. The van der Waals surface area contributed by atoms with E-state index >= 15 is 0 Å². The fourth-order valence-electron chi connectivity index (χ4n) is 1.85. The van der Waals surface area contributed by atoms with Crippen molar-refractivity contribution in [2.45, 2.75) is 13.5 Å². The zero-order chi connectivity index (χ0) is 17.0. The number of nitrogens with one attached hydrogen (secondary N) is 1. The van der Waals surface area contributed by atoms with E-state index in [1.165, 1.54) is 6.08 Å². The second kappa shape index (κ2) is 6.77. The molecule has 0 saturated heterocycles. The van der Waals surface area contributed by atoms with Crippen LogP contribution < -0.4 is 4.72 Å². The Kier molecular flexibility index (Phi) is 4.54. The highest BCUT2D eigenvalue weighted by molar-refractivity contribution is 7.92. The van der Waals surface area contributed by atoms with Gasteiger partial charge >= 0.3 is 0 Å². The van der Waals surface area contributed by atoms with E-state index in [2.05, 4.69) is 20.0 Å². The van der Waals surface area contributed by atoms with Gasteiger partial charge in [-0.15, -0.1) is 0 Å². The summed E-state index contributed by atoms with van der Waals surface area (Å²) in [5.41, 5.74) is 1.21. The van der Waals surface area contributed by atoms with E-state index in [9.17, 15) is 8.42 Å². The lowest BCUT2D eigenvalue weighted by Crippen LogP contribution is -2.20. The second-order valence-electron chi connectivity index (χ2n) is 4.91. The van der Waals surface area contributed by atoms with Crippen LogP contribution in [0.2, 0.25) is 0 Å². The summed E-state index contributed by atoms with van der Waals surface area (Å²) in [5, 5.41) is 8.58. The highest BCUT2D eigenvalue weighted by atomic mass is 32.2. The molecule has 0 radical (unpaired) electrons. The maximum absolute atomic E-state index is 11.9. The topological polar surface area (TPSA) is 111 Å². The first-order valence-corrected chi connectivity index (χ1v) is 8.55. The molecule has 0 fully saturated rings. The van der Waals surface area contributed by atoms with Crippen LogP contribution in [-0.4, -0.2) is 23.7 Å². The number of aryl methyl sites for hydroxylation is 1. The summed E-state index contributed by atoms with van der Waals surface area (Å²) < 4.78 is 36.2. The third-order valence-corrected chi connectivity index (χ3v) is 4.03. The van der Waals surface area contributed by atoms with Crippen molar-refractivity contribution in [3.63, 3.8) is 0 Å². The summed E-state index contributed by atoms with van der Waals surface area (Å²) in [6.07, 6.45) is 1.50. The molecule has 0 spiro atoms. The van der Waals surface area contributed by atoms with Crippen LogP contribution in [0.4, 0.5) is 0 Å². The van der Waals surface area contributed by atoms with Crippen molar-refractivity contribution < 1.29 is 17.5 Å². The SMILES string of the molecule is Cc1cc(-c2noc(CNS(=O)(=O)C=Cc3ccccc3)n2)no1. The molecule has 0 bridgehead atoms. The molecular formula is C15H14N4O4S. The van der Waals surface area contributed by atoms with Crippen LogP contribution in [-0.2, 0) is 16.6 Å². The summed E-state index contributed by atoms with van der Waals surface area (Å²) in [6.45, 7) is 1.62. The zero-order valence-corrected chi connectivity index (χ0v) is 13.5. The Balaban J connectivity index is 1.63. The summed E-state index contributed by atoms with van der Waals surface area (Å²) in [7, 11) is -3.62. The van der Waals surface area contributed by atoms with Crippen LogP contribution in [0.5, 0.6) is 0 Å². The highest BCUT2D eigenvalue weighted by Gasteiger charge is 2.14. The van der Waals surface area contributed by atoms with Crippen molar-refractivity contribution in [2.75, 3.05) is 0 Å². The first kappa shape index (κ1) is 16.1. The monoisotopic (exact) mass is 346 g/mol. The van der Waals surface area contributed by atoms with Gasteiger partial charge in [0.15, 0.2) is 5.69 Å². The Labute approximate surface area is 138 Å². The molecule has 2 heterocycles. The van der Waals surface area contributed by atoms with E-state index in [0.717, 1.165) is 11.0 Å². The third kappa shape index (κ3) is 4.15. The number of benzene rings is 1. The largest absolute Gasteiger partial charge is 0.361 e. The van der Waals surface area contributed by atoms with Gasteiger partial charge in [0.1, 0.15) is 5.76 Å². The average Bonchev–Trinajstić information content (AvgIpc) is 3.21. The molecule has 3 rings (SSSR count). The van der Waals surface area contributed by atoms with Crippen molar-refractivity contribution in [3.8, 4) is 11.5 Å². The molecule has 1 N–H and O–H groups in total. The molecular weight excluding hydrogens is 332 g/mol. The molecule has 1 aromatic carbocycles. The van der Waals surface area contributed by atoms with Crippen LogP contribution in [0.15, 0.2) is 50.9 Å². The fraction of sp³-hybridized carbons (Fsp3) is 0.133. The van der Waals surface area contributed by atoms with Crippen LogP contribution in [0.25, 0.3) is 17.6 Å². The Morgan fingerprint density at radius 1 is 1.17 bits per heavy atom. The first-order chi connectivity index (χ1) is 11.5. The Morgan fingerprint density at radius 3 is 2.67 bits per heavy atom. The van der Waals surface area contributed by atoms with Gasteiger partial charge in [0.25, 0.3) is 0 Å². The molecule has 3 aromatic rings. The molecule has 0 saturated carbocycles. The maximum Gasteiger partial charge on any atom is 0.242 e. The van der Waals surface area contributed by atoms with Crippen molar-refractivity contribution in [2.24, 2.45) is 0 Å². The Hall–Kier alpha value is -2.78. The summed E-state index contributed by atoms with van der Waals surface area (Å²) in [6, 6.07) is 10.8. The average molecular weight is 346 g/mol. The minimum Gasteiger partial charge on any atom is -0.361 e. The number of aromatic nitrogens is 3. The normalized spacial score (nSPS) is 12.0. The predicted molar refractivity (Wildman–Crippen MR) is 85.8 cm³/mol. The van der Waals surface area contributed by atoms with Gasteiger partial charge in [-0.1, -0.05) is 40.6 Å². The van der Waals surface area contributed by atoms with E-state index < -0.39 is 10.0 Å². The third-order valence-electron chi connectivity index (χ3n) is 2.99. The van der Waals surface area contributed by atoms with Crippen LogP contribution in [0.3, 0.4) is 0 Å². The Morgan fingerprint density at radius 2 is 1.96 bits per heavy atom. The molecule has 0 aliphatic rings. The van der Waals surface area contributed by atoms with Crippen molar-refractivity contribution in [1.82, 2.24) is 20.0 Å². The zero-order valence-electron chi connectivity index (χ0n) is 12.7.